The summed E-state index contributed by atoms with van der Waals surface area (Å²) in [5.74, 6) is -0.621. The number of amides is 1. The minimum absolute atomic E-state index is 0.143. The van der Waals surface area contributed by atoms with Gasteiger partial charge in [-0.15, -0.1) is 0 Å². The van der Waals surface area contributed by atoms with Gasteiger partial charge in [0, 0.05) is 31.1 Å². The Balaban J connectivity index is 1.84. The lowest BCUT2D eigenvalue weighted by atomic mass is 9.94. The van der Waals surface area contributed by atoms with Gasteiger partial charge in [-0.2, -0.15) is 0 Å². The van der Waals surface area contributed by atoms with E-state index in [-0.39, 0.29) is 17.7 Å². The number of imidazole rings is 1. The molecule has 0 radical (unpaired) electrons. The highest BCUT2D eigenvalue weighted by molar-refractivity contribution is 6.46. The van der Waals surface area contributed by atoms with Crippen LogP contribution in [0, 0.1) is 0 Å². The highest BCUT2D eigenvalue weighted by Gasteiger charge is 2.44. The Kier molecular flexibility index (Phi) is 7.66. The molecule has 0 N–H and O–H groups in total. The lowest BCUT2D eigenvalue weighted by Crippen LogP contribution is -2.31. The van der Waals surface area contributed by atoms with Crippen LogP contribution in [-0.4, -0.2) is 61.1 Å². The van der Waals surface area contributed by atoms with Gasteiger partial charge in [0.15, 0.2) is 11.5 Å². The van der Waals surface area contributed by atoms with Gasteiger partial charge in [-0.25, -0.2) is 4.98 Å². The molecule has 1 unspecified atom stereocenters. The van der Waals surface area contributed by atoms with Gasteiger partial charge < -0.3 is 33.5 Å². The summed E-state index contributed by atoms with van der Waals surface area (Å²) < 4.78 is 23.5. The van der Waals surface area contributed by atoms with Crippen LogP contribution >= 0.6 is 0 Å². The molecule has 1 atom stereocenters. The van der Waals surface area contributed by atoms with Crippen molar-refractivity contribution in [2.75, 3.05) is 35.0 Å². The SMILES string of the molecule is COc1cccc(C([O-])=C2C(=O)C(=O)N(CCCn3ccnc3)C2c2cc(OC)c(OC)c(OC)c2)c1. The summed E-state index contributed by atoms with van der Waals surface area (Å²) in [5, 5.41) is 13.7. The van der Waals surface area contributed by atoms with E-state index in [4.69, 9.17) is 18.9 Å². The predicted octanol–water partition coefficient (Wildman–Crippen LogP) is 2.23. The Morgan fingerprint density at radius 2 is 1.70 bits per heavy atom. The Morgan fingerprint density at radius 1 is 0.973 bits per heavy atom. The molecule has 194 valence electrons. The first-order valence-electron chi connectivity index (χ1n) is 11.6. The van der Waals surface area contributed by atoms with Crippen LogP contribution in [0.2, 0.25) is 0 Å². The van der Waals surface area contributed by atoms with Crippen molar-refractivity contribution in [3.05, 3.63) is 71.8 Å². The molecule has 2 aromatic carbocycles. The van der Waals surface area contributed by atoms with Crippen LogP contribution in [0.25, 0.3) is 5.76 Å². The number of carbonyl (C=O) groups excluding carboxylic acids is 2. The number of hydrogen-bond acceptors (Lipinski definition) is 8. The van der Waals surface area contributed by atoms with Crippen LogP contribution in [0.4, 0.5) is 0 Å². The normalized spacial score (nSPS) is 16.6. The third-order valence-corrected chi connectivity index (χ3v) is 6.24. The first-order chi connectivity index (χ1) is 17.9. The predicted molar refractivity (Wildman–Crippen MR) is 132 cm³/mol. The first-order valence-corrected chi connectivity index (χ1v) is 11.6. The van der Waals surface area contributed by atoms with Crippen molar-refractivity contribution in [1.82, 2.24) is 14.5 Å². The average molecular weight is 507 g/mol. The van der Waals surface area contributed by atoms with Gasteiger partial charge in [-0.05, 0) is 41.8 Å². The molecule has 10 nitrogen and oxygen atoms in total. The fourth-order valence-corrected chi connectivity index (χ4v) is 4.47. The van der Waals surface area contributed by atoms with Gasteiger partial charge in [-0.1, -0.05) is 17.9 Å². The van der Waals surface area contributed by atoms with Crippen LogP contribution in [0.1, 0.15) is 23.6 Å². The van der Waals surface area contributed by atoms with E-state index in [9.17, 15) is 14.7 Å². The molecule has 37 heavy (non-hydrogen) atoms. The van der Waals surface area contributed by atoms with Gasteiger partial charge in [-0.3, -0.25) is 9.59 Å². The largest absolute Gasteiger partial charge is 0.872 e. The second kappa shape index (κ2) is 11.1. The Morgan fingerprint density at radius 3 is 2.30 bits per heavy atom. The minimum atomic E-state index is -0.949. The molecule has 1 amide bonds. The Hall–Kier alpha value is -4.47. The fraction of sp³-hybridized carbons (Fsp3) is 0.296. The van der Waals surface area contributed by atoms with Gasteiger partial charge >= 0.3 is 0 Å². The average Bonchev–Trinajstić information content (AvgIpc) is 3.54. The van der Waals surface area contributed by atoms with Crippen molar-refractivity contribution in [3.63, 3.8) is 0 Å². The summed E-state index contributed by atoms with van der Waals surface area (Å²) in [6.07, 6.45) is 5.70. The Labute approximate surface area is 214 Å². The number of aryl methyl sites for hydroxylation is 1. The van der Waals surface area contributed by atoms with Crippen LogP contribution in [0.15, 0.2) is 60.7 Å². The molecule has 0 saturated carbocycles. The number of likely N-dealkylation sites (tertiary alicyclic amines) is 1. The number of Topliss-reactive ketones (excluding diaryl/α,β-unsaturated/α-hetero) is 1. The maximum Gasteiger partial charge on any atom is 0.295 e. The number of benzene rings is 2. The van der Waals surface area contributed by atoms with Crippen molar-refractivity contribution in [2.45, 2.75) is 19.0 Å². The molecular weight excluding hydrogens is 478 g/mol. The molecule has 0 bridgehead atoms. The maximum absolute atomic E-state index is 13.7. The van der Waals surface area contributed by atoms with E-state index in [1.54, 1.807) is 48.9 Å². The number of methoxy groups -OCH3 is 4. The van der Waals surface area contributed by atoms with Crippen LogP contribution < -0.4 is 24.1 Å². The van der Waals surface area contributed by atoms with Crippen molar-refractivity contribution in [1.29, 1.82) is 0 Å². The van der Waals surface area contributed by atoms with E-state index in [1.165, 1.54) is 33.3 Å². The highest BCUT2D eigenvalue weighted by atomic mass is 16.5. The summed E-state index contributed by atoms with van der Waals surface area (Å²) in [4.78, 5) is 32.0. The summed E-state index contributed by atoms with van der Waals surface area (Å²) in [6.45, 7) is 0.818. The molecule has 0 aliphatic carbocycles. The van der Waals surface area contributed by atoms with E-state index in [1.807, 2.05) is 10.8 Å². The quantitative estimate of drug-likeness (QED) is 0.234. The van der Waals surface area contributed by atoms with Gasteiger partial charge in [0.25, 0.3) is 5.91 Å². The molecule has 1 aromatic heterocycles. The van der Waals surface area contributed by atoms with Crippen molar-refractivity contribution in [2.24, 2.45) is 0 Å². The summed E-state index contributed by atoms with van der Waals surface area (Å²) in [5.41, 5.74) is 0.589. The molecular formula is C27H28N3O7-. The number of carbonyl (C=O) groups is 2. The second-order valence-corrected chi connectivity index (χ2v) is 8.32. The summed E-state index contributed by atoms with van der Waals surface area (Å²) in [7, 11) is 5.92. The van der Waals surface area contributed by atoms with Gasteiger partial charge in [0.1, 0.15) is 5.75 Å². The summed E-state index contributed by atoms with van der Waals surface area (Å²) >= 11 is 0. The fourth-order valence-electron chi connectivity index (χ4n) is 4.47. The van der Waals surface area contributed by atoms with E-state index in [0.29, 0.717) is 41.5 Å². The van der Waals surface area contributed by atoms with Gasteiger partial charge in [0.05, 0.1) is 40.8 Å². The second-order valence-electron chi connectivity index (χ2n) is 8.32. The lowest BCUT2D eigenvalue weighted by molar-refractivity contribution is -0.245. The molecule has 2 heterocycles. The number of ketones is 1. The zero-order valence-electron chi connectivity index (χ0n) is 21.1. The zero-order chi connectivity index (χ0) is 26.5. The lowest BCUT2D eigenvalue weighted by Gasteiger charge is -2.28. The van der Waals surface area contributed by atoms with Crippen molar-refractivity contribution in [3.8, 4) is 23.0 Å². The van der Waals surface area contributed by atoms with E-state index >= 15 is 0 Å². The number of hydrogen-bond donors (Lipinski definition) is 0. The molecule has 0 spiro atoms. The summed E-state index contributed by atoms with van der Waals surface area (Å²) in [6, 6.07) is 8.84. The number of nitrogens with zero attached hydrogens (tertiary/aromatic N) is 3. The molecule has 1 fully saturated rings. The molecule has 1 aliphatic rings. The van der Waals surface area contributed by atoms with Crippen molar-refractivity contribution >= 4 is 17.4 Å². The third kappa shape index (κ3) is 4.95. The monoisotopic (exact) mass is 506 g/mol. The number of ether oxygens (including phenoxy) is 4. The number of rotatable bonds is 10. The highest BCUT2D eigenvalue weighted by Crippen LogP contribution is 2.45. The standard InChI is InChI=1S/C27H29N3O7/c1-34-19-8-5-7-17(13-19)24(31)22-23(18-14-20(35-2)26(37-4)21(15-18)36-3)30(27(33)25(22)32)11-6-10-29-12-9-28-16-29/h5,7-9,12-16,23,31H,6,10-11H2,1-4H3/p-1. The molecule has 1 aliphatic heterocycles. The van der Waals surface area contributed by atoms with E-state index in [2.05, 4.69) is 4.98 Å². The van der Waals surface area contributed by atoms with Crippen molar-refractivity contribution < 1.29 is 33.6 Å². The third-order valence-electron chi connectivity index (χ3n) is 6.24. The van der Waals surface area contributed by atoms with Crippen LogP contribution in [0.5, 0.6) is 23.0 Å². The smallest absolute Gasteiger partial charge is 0.295 e. The maximum atomic E-state index is 13.7. The number of aromatic nitrogens is 2. The zero-order valence-corrected chi connectivity index (χ0v) is 21.1. The van der Waals surface area contributed by atoms with Crippen LogP contribution in [0.3, 0.4) is 0 Å². The topological polar surface area (TPSA) is 115 Å². The van der Waals surface area contributed by atoms with Crippen LogP contribution in [-0.2, 0) is 16.1 Å². The van der Waals surface area contributed by atoms with Gasteiger partial charge in [0.2, 0.25) is 11.5 Å². The van der Waals surface area contributed by atoms with E-state index in [0.717, 1.165) is 0 Å². The first kappa shape index (κ1) is 25.6. The minimum Gasteiger partial charge on any atom is -0.872 e. The Bertz CT molecular complexity index is 1290. The molecule has 10 heteroatoms. The molecule has 1 saturated heterocycles. The molecule has 4 rings (SSSR count). The molecule has 3 aromatic rings. The van der Waals surface area contributed by atoms with E-state index < -0.39 is 23.5 Å².